The summed E-state index contributed by atoms with van der Waals surface area (Å²) in [7, 11) is 1.35. The Kier molecular flexibility index (Phi) is 5.36. The molecule has 1 aliphatic rings. The van der Waals surface area contributed by atoms with Gasteiger partial charge in [-0.05, 0) is 32.3 Å². The molecule has 1 unspecified atom stereocenters. The lowest BCUT2D eigenvalue weighted by molar-refractivity contribution is -0.175. The summed E-state index contributed by atoms with van der Waals surface area (Å²) in [6.45, 7) is 2.63. The summed E-state index contributed by atoms with van der Waals surface area (Å²) in [4.78, 5) is 10.8. The molecule has 0 aliphatic carbocycles. The summed E-state index contributed by atoms with van der Waals surface area (Å²) in [5.41, 5.74) is 0. The van der Waals surface area contributed by atoms with E-state index >= 15 is 0 Å². The van der Waals surface area contributed by atoms with E-state index in [2.05, 4.69) is 4.74 Å². The third-order valence-corrected chi connectivity index (χ3v) is 2.21. The highest BCUT2D eigenvalue weighted by atomic mass is 16.7. The van der Waals surface area contributed by atoms with E-state index in [1.165, 1.54) is 13.2 Å². The molecule has 86 valence electrons. The Morgan fingerprint density at radius 1 is 1.53 bits per heavy atom. The number of carbonyl (C=O) groups is 1. The topological polar surface area (TPSA) is 44.8 Å². The zero-order chi connectivity index (χ0) is 11.1. The summed E-state index contributed by atoms with van der Waals surface area (Å²) < 4.78 is 15.5. The van der Waals surface area contributed by atoms with Gasteiger partial charge in [0.05, 0.1) is 13.2 Å². The first-order valence-electron chi connectivity index (χ1n) is 5.25. The average molecular weight is 214 g/mol. The Morgan fingerprint density at radius 3 is 2.93 bits per heavy atom. The molecule has 0 bridgehead atoms. The number of hydrogen-bond acceptors (Lipinski definition) is 4. The van der Waals surface area contributed by atoms with Gasteiger partial charge in [0.2, 0.25) is 0 Å². The fourth-order valence-corrected chi connectivity index (χ4v) is 1.39. The molecular formula is C11H18O4. The van der Waals surface area contributed by atoms with E-state index in [4.69, 9.17) is 9.47 Å². The average Bonchev–Trinajstić information content (AvgIpc) is 2.27. The van der Waals surface area contributed by atoms with E-state index < -0.39 is 0 Å². The minimum absolute atomic E-state index is 0.129. The van der Waals surface area contributed by atoms with Crippen LogP contribution >= 0.6 is 0 Å². The largest absolute Gasteiger partial charge is 0.466 e. The number of carbonyl (C=O) groups excluding carboxylic acids is 1. The first-order chi connectivity index (χ1) is 7.22. The van der Waals surface area contributed by atoms with Gasteiger partial charge in [-0.15, -0.1) is 0 Å². The molecule has 0 saturated carbocycles. The molecule has 2 atom stereocenters. The van der Waals surface area contributed by atoms with Gasteiger partial charge < -0.3 is 14.2 Å². The van der Waals surface area contributed by atoms with Crippen LogP contribution in [0.3, 0.4) is 0 Å². The highest BCUT2D eigenvalue weighted by Gasteiger charge is 2.15. The van der Waals surface area contributed by atoms with Crippen LogP contribution in [0.5, 0.6) is 0 Å². The van der Waals surface area contributed by atoms with Crippen LogP contribution in [-0.4, -0.2) is 32.1 Å². The van der Waals surface area contributed by atoms with Crippen LogP contribution in [0.25, 0.3) is 0 Å². The van der Waals surface area contributed by atoms with Crippen molar-refractivity contribution in [1.82, 2.24) is 0 Å². The van der Waals surface area contributed by atoms with E-state index in [0.717, 1.165) is 25.9 Å². The van der Waals surface area contributed by atoms with Crippen molar-refractivity contribution in [3.8, 4) is 0 Å². The lowest BCUT2D eigenvalue weighted by Gasteiger charge is -2.24. The molecule has 4 nitrogen and oxygen atoms in total. The van der Waals surface area contributed by atoms with E-state index in [1.54, 1.807) is 6.08 Å². The van der Waals surface area contributed by atoms with Gasteiger partial charge >= 0.3 is 5.97 Å². The van der Waals surface area contributed by atoms with Crippen molar-refractivity contribution in [3.63, 3.8) is 0 Å². The van der Waals surface area contributed by atoms with Crippen LogP contribution in [0.15, 0.2) is 12.2 Å². The Morgan fingerprint density at radius 2 is 2.33 bits per heavy atom. The molecule has 1 rings (SSSR count). The summed E-state index contributed by atoms with van der Waals surface area (Å²) in [5, 5.41) is 0. The van der Waals surface area contributed by atoms with Crippen LogP contribution in [0.2, 0.25) is 0 Å². The van der Waals surface area contributed by atoms with E-state index in [9.17, 15) is 4.79 Å². The monoisotopic (exact) mass is 214 g/mol. The molecule has 1 saturated heterocycles. The summed E-state index contributed by atoms with van der Waals surface area (Å²) >= 11 is 0. The molecule has 0 aromatic heterocycles. The van der Waals surface area contributed by atoms with Crippen molar-refractivity contribution in [3.05, 3.63) is 12.2 Å². The second-order valence-corrected chi connectivity index (χ2v) is 3.52. The Bertz CT molecular complexity index is 219. The van der Waals surface area contributed by atoms with Crippen LogP contribution in [0.1, 0.15) is 26.2 Å². The minimum atomic E-state index is -0.366. The third-order valence-electron chi connectivity index (χ3n) is 2.21. The van der Waals surface area contributed by atoms with E-state index in [0.29, 0.717) is 0 Å². The van der Waals surface area contributed by atoms with Crippen LogP contribution in [0, 0.1) is 0 Å². The molecule has 4 heteroatoms. The van der Waals surface area contributed by atoms with Crippen molar-refractivity contribution in [2.45, 2.75) is 38.6 Å². The van der Waals surface area contributed by atoms with Crippen molar-refractivity contribution in [2.75, 3.05) is 13.7 Å². The molecule has 15 heavy (non-hydrogen) atoms. The number of esters is 1. The maximum absolute atomic E-state index is 10.8. The zero-order valence-corrected chi connectivity index (χ0v) is 9.27. The summed E-state index contributed by atoms with van der Waals surface area (Å²) in [6.07, 6.45) is 5.95. The molecule has 1 heterocycles. The van der Waals surface area contributed by atoms with Gasteiger partial charge in [0.1, 0.15) is 0 Å². The maximum Gasteiger partial charge on any atom is 0.330 e. The lowest BCUT2D eigenvalue weighted by atomic mass is 10.2. The Labute approximate surface area is 90.2 Å². The van der Waals surface area contributed by atoms with Gasteiger partial charge in [-0.25, -0.2) is 4.79 Å². The predicted octanol–water partition coefficient (Wildman–Crippen LogP) is 1.65. The first kappa shape index (κ1) is 12.2. The quantitative estimate of drug-likeness (QED) is 0.527. The van der Waals surface area contributed by atoms with Gasteiger partial charge in [0.15, 0.2) is 6.29 Å². The molecule has 0 aromatic rings. The highest BCUT2D eigenvalue weighted by Crippen LogP contribution is 2.15. The van der Waals surface area contributed by atoms with Crippen molar-refractivity contribution >= 4 is 5.97 Å². The predicted molar refractivity (Wildman–Crippen MR) is 55.3 cm³/mol. The van der Waals surface area contributed by atoms with Crippen molar-refractivity contribution < 1.29 is 19.0 Å². The zero-order valence-electron chi connectivity index (χ0n) is 9.27. The van der Waals surface area contributed by atoms with Crippen LogP contribution in [0.4, 0.5) is 0 Å². The normalized spacial score (nSPS) is 24.0. The summed E-state index contributed by atoms with van der Waals surface area (Å²) in [5.74, 6) is -0.366. The Balaban J connectivity index is 2.24. The van der Waals surface area contributed by atoms with Gasteiger partial charge in [-0.3, -0.25) is 0 Å². The van der Waals surface area contributed by atoms with Gasteiger partial charge in [-0.2, -0.15) is 0 Å². The molecular weight excluding hydrogens is 196 g/mol. The highest BCUT2D eigenvalue weighted by molar-refractivity contribution is 5.81. The molecule has 1 aliphatic heterocycles. The molecule has 0 spiro atoms. The fourth-order valence-electron chi connectivity index (χ4n) is 1.39. The molecule has 0 aromatic carbocycles. The van der Waals surface area contributed by atoms with Crippen LogP contribution in [-0.2, 0) is 19.0 Å². The standard InChI is InChI=1S/C11H18O4/c1-9(6-7-10(12)13-2)15-11-5-3-4-8-14-11/h6-7,9,11H,3-5,8H2,1-2H3/t9-,11?/m0/s1. The van der Waals surface area contributed by atoms with Gasteiger partial charge in [-0.1, -0.05) is 0 Å². The fraction of sp³-hybridized carbons (Fsp3) is 0.727. The van der Waals surface area contributed by atoms with Gasteiger partial charge in [0, 0.05) is 12.7 Å². The second kappa shape index (κ2) is 6.58. The number of hydrogen-bond donors (Lipinski definition) is 0. The number of methoxy groups -OCH3 is 1. The molecule has 1 fully saturated rings. The number of ether oxygens (including phenoxy) is 3. The van der Waals surface area contributed by atoms with E-state index in [1.807, 2.05) is 6.92 Å². The SMILES string of the molecule is COC(=O)C=C[C@H](C)OC1CCCCO1. The first-order valence-corrected chi connectivity index (χ1v) is 5.25. The molecule has 0 amide bonds. The summed E-state index contributed by atoms with van der Waals surface area (Å²) in [6, 6.07) is 0. The molecule has 0 N–H and O–H groups in total. The number of rotatable bonds is 4. The van der Waals surface area contributed by atoms with E-state index in [-0.39, 0.29) is 18.4 Å². The third kappa shape index (κ3) is 4.95. The smallest absolute Gasteiger partial charge is 0.330 e. The van der Waals surface area contributed by atoms with Crippen molar-refractivity contribution in [1.29, 1.82) is 0 Å². The second-order valence-electron chi connectivity index (χ2n) is 3.52. The Hall–Kier alpha value is -0.870. The van der Waals surface area contributed by atoms with Crippen molar-refractivity contribution in [2.24, 2.45) is 0 Å². The molecule has 0 radical (unpaired) electrons. The minimum Gasteiger partial charge on any atom is -0.466 e. The lowest BCUT2D eigenvalue weighted by Crippen LogP contribution is -2.25. The van der Waals surface area contributed by atoms with Gasteiger partial charge in [0.25, 0.3) is 0 Å². The van der Waals surface area contributed by atoms with Crippen LogP contribution < -0.4 is 0 Å². The maximum atomic E-state index is 10.8.